The largest absolute Gasteiger partial charge is 0.492 e. The van der Waals surface area contributed by atoms with Gasteiger partial charge in [-0.15, -0.1) is 12.4 Å². The van der Waals surface area contributed by atoms with E-state index in [0.29, 0.717) is 61.0 Å². The second-order valence-electron chi connectivity index (χ2n) is 5.97. The average Bonchev–Trinajstić information content (AvgIpc) is 2.70. The average molecular weight is 422 g/mol. The Kier molecular flexibility index (Phi) is 10.6. The number of anilines is 2. The van der Waals surface area contributed by atoms with Gasteiger partial charge in [-0.25, -0.2) is 0 Å². The second kappa shape index (κ2) is 12.6. The Labute approximate surface area is 177 Å². The van der Waals surface area contributed by atoms with Gasteiger partial charge in [-0.2, -0.15) is 0 Å². The van der Waals surface area contributed by atoms with Crippen molar-refractivity contribution in [2.24, 2.45) is 5.73 Å². The molecule has 2 aromatic carbocycles. The summed E-state index contributed by atoms with van der Waals surface area (Å²) in [5.41, 5.74) is 6.95. The summed E-state index contributed by atoms with van der Waals surface area (Å²) in [7, 11) is 0. The lowest BCUT2D eigenvalue weighted by Gasteiger charge is -2.18. The predicted molar refractivity (Wildman–Crippen MR) is 117 cm³/mol. The number of halogens is 1. The number of nitrogens with one attached hydrogen (secondary N) is 2. The van der Waals surface area contributed by atoms with Crippen molar-refractivity contribution >= 4 is 35.6 Å². The minimum absolute atomic E-state index is 0. The molecule has 2 aromatic rings. The normalized spacial score (nSPS) is 9.90. The fraction of sp³-hybridized carbons (Fsp3) is 0.333. The van der Waals surface area contributed by atoms with E-state index in [1.807, 2.05) is 19.9 Å². The van der Waals surface area contributed by atoms with E-state index in [4.69, 9.17) is 15.2 Å². The molecule has 7 nitrogen and oxygen atoms in total. The summed E-state index contributed by atoms with van der Waals surface area (Å²) in [5, 5.41) is 5.68. The SMILES string of the molecule is CCOc1cc(NC(=O)c2ccccc2)c(OCC)cc1NC(=O)CCCN.Cl. The molecule has 0 aliphatic carbocycles. The summed E-state index contributed by atoms with van der Waals surface area (Å²) < 4.78 is 11.3. The van der Waals surface area contributed by atoms with Crippen LogP contribution in [0, 0.1) is 0 Å². The molecule has 0 atom stereocenters. The van der Waals surface area contributed by atoms with Crippen LogP contribution in [0.4, 0.5) is 11.4 Å². The summed E-state index contributed by atoms with van der Waals surface area (Å²) >= 11 is 0. The Morgan fingerprint density at radius 2 is 1.48 bits per heavy atom. The molecule has 0 aliphatic rings. The van der Waals surface area contributed by atoms with Crippen molar-refractivity contribution in [3.63, 3.8) is 0 Å². The molecule has 0 bridgehead atoms. The first kappa shape index (κ1) is 24.3. The van der Waals surface area contributed by atoms with Crippen LogP contribution in [0.1, 0.15) is 37.0 Å². The van der Waals surface area contributed by atoms with Crippen molar-refractivity contribution in [3.8, 4) is 11.5 Å². The lowest BCUT2D eigenvalue weighted by Crippen LogP contribution is -2.16. The molecular weight excluding hydrogens is 394 g/mol. The predicted octanol–water partition coefficient (Wildman–Crippen LogP) is 3.84. The molecule has 0 unspecified atom stereocenters. The summed E-state index contributed by atoms with van der Waals surface area (Å²) in [6, 6.07) is 12.2. The van der Waals surface area contributed by atoms with E-state index in [0.717, 1.165) is 0 Å². The summed E-state index contributed by atoms with van der Waals surface area (Å²) in [4.78, 5) is 24.6. The van der Waals surface area contributed by atoms with Crippen molar-refractivity contribution in [1.29, 1.82) is 0 Å². The highest BCUT2D eigenvalue weighted by Gasteiger charge is 2.16. The molecule has 0 radical (unpaired) electrons. The molecule has 158 valence electrons. The zero-order valence-electron chi connectivity index (χ0n) is 16.7. The molecule has 2 amide bonds. The van der Waals surface area contributed by atoms with Gasteiger partial charge in [0.05, 0.1) is 24.6 Å². The minimum atomic E-state index is -0.260. The van der Waals surface area contributed by atoms with E-state index in [1.165, 1.54) is 0 Å². The fourth-order valence-electron chi connectivity index (χ4n) is 2.56. The first-order valence-corrected chi connectivity index (χ1v) is 9.39. The summed E-state index contributed by atoms with van der Waals surface area (Å²) in [6.07, 6.45) is 0.915. The number of carbonyl (C=O) groups is 2. The Bertz CT molecular complexity index is 800. The maximum atomic E-state index is 12.5. The molecule has 2 rings (SSSR count). The Hall–Kier alpha value is -2.77. The highest BCUT2D eigenvalue weighted by atomic mass is 35.5. The quantitative estimate of drug-likeness (QED) is 0.541. The number of hydrogen-bond acceptors (Lipinski definition) is 5. The van der Waals surface area contributed by atoms with E-state index in [2.05, 4.69) is 10.6 Å². The van der Waals surface area contributed by atoms with E-state index < -0.39 is 0 Å². The highest BCUT2D eigenvalue weighted by Crippen LogP contribution is 2.37. The minimum Gasteiger partial charge on any atom is -0.492 e. The number of benzene rings is 2. The third kappa shape index (κ3) is 7.29. The van der Waals surface area contributed by atoms with Gasteiger partial charge in [0, 0.05) is 24.1 Å². The standard InChI is InChI=1S/C21H27N3O4.ClH/c1-3-27-18-14-17(24-21(26)15-9-6-5-7-10-15)19(28-4-2)13-16(18)23-20(25)11-8-12-22;/h5-7,9-10,13-14H,3-4,8,11-12,22H2,1-2H3,(H,23,25)(H,24,26);1H. The van der Waals surface area contributed by atoms with Gasteiger partial charge in [-0.1, -0.05) is 18.2 Å². The summed E-state index contributed by atoms with van der Waals surface area (Å²) in [5.74, 6) is 0.485. The third-order valence-electron chi connectivity index (χ3n) is 3.85. The van der Waals surface area contributed by atoms with Crippen LogP contribution in [0.5, 0.6) is 11.5 Å². The lowest BCUT2D eigenvalue weighted by molar-refractivity contribution is -0.116. The topological polar surface area (TPSA) is 103 Å². The van der Waals surface area contributed by atoms with Crippen molar-refractivity contribution in [3.05, 3.63) is 48.0 Å². The first-order chi connectivity index (χ1) is 13.6. The first-order valence-electron chi connectivity index (χ1n) is 9.39. The maximum Gasteiger partial charge on any atom is 0.255 e. The van der Waals surface area contributed by atoms with Crippen LogP contribution < -0.4 is 25.8 Å². The molecule has 4 N–H and O–H groups in total. The molecule has 29 heavy (non-hydrogen) atoms. The molecule has 0 heterocycles. The van der Waals surface area contributed by atoms with Gasteiger partial charge in [0.2, 0.25) is 5.91 Å². The van der Waals surface area contributed by atoms with E-state index in [1.54, 1.807) is 36.4 Å². The molecule has 0 fully saturated rings. The number of rotatable bonds is 10. The number of ether oxygens (including phenoxy) is 2. The Morgan fingerprint density at radius 3 is 2.00 bits per heavy atom. The smallest absolute Gasteiger partial charge is 0.255 e. The highest BCUT2D eigenvalue weighted by molar-refractivity contribution is 6.05. The van der Waals surface area contributed by atoms with Gasteiger partial charge in [0.15, 0.2) is 0 Å². The molecule has 8 heteroatoms. The molecular formula is C21H28ClN3O4. The van der Waals surface area contributed by atoms with Crippen molar-refractivity contribution in [2.45, 2.75) is 26.7 Å². The third-order valence-corrected chi connectivity index (χ3v) is 3.85. The van der Waals surface area contributed by atoms with Gasteiger partial charge >= 0.3 is 0 Å². The van der Waals surface area contributed by atoms with Gasteiger partial charge in [-0.05, 0) is 38.9 Å². The zero-order chi connectivity index (χ0) is 20.4. The van der Waals surface area contributed by atoms with E-state index in [9.17, 15) is 9.59 Å². The molecule has 0 aliphatic heterocycles. The van der Waals surface area contributed by atoms with Crippen molar-refractivity contribution < 1.29 is 19.1 Å². The molecule has 0 spiro atoms. The van der Waals surface area contributed by atoms with Crippen molar-refractivity contribution in [2.75, 3.05) is 30.4 Å². The van der Waals surface area contributed by atoms with Crippen LogP contribution in [0.15, 0.2) is 42.5 Å². The monoisotopic (exact) mass is 421 g/mol. The van der Waals surface area contributed by atoms with Crippen LogP contribution in [-0.4, -0.2) is 31.6 Å². The van der Waals surface area contributed by atoms with Crippen LogP contribution in [0.3, 0.4) is 0 Å². The van der Waals surface area contributed by atoms with Gasteiger partial charge in [0.1, 0.15) is 11.5 Å². The fourth-order valence-corrected chi connectivity index (χ4v) is 2.56. The number of nitrogens with two attached hydrogens (primary N) is 1. The van der Waals surface area contributed by atoms with Crippen LogP contribution in [-0.2, 0) is 4.79 Å². The van der Waals surface area contributed by atoms with Crippen LogP contribution in [0.25, 0.3) is 0 Å². The van der Waals surface area contributed by atoms with Crippen LogP contribution >= 0.6 is 12.4 Å². The van der Waals surface area contributed by atoms with Gasteiger partial charge < -0.3 is 25.8 Å². The Morgan fingerprint density at radius 1 is 0.931 bits per heavy atom. The lowest BCUT2D eigenvalue weighted by atomic mass is 10.2. The van der Waals surface area contributed by atoms with Crippen LogP contribution in [0.2, 0.25) is 0 Å². The summed E-state index contributed by atoms with van der Waals surface area (Å²) in [6.45, 7) is 4.95. The van der Waals surface area contributed by atoms with Gasteiger partial charge in [-0.3, -0.25) is 9.59 Å². The van der Waals surface area contributed by atoms with E-state index in [-0.39, 0.29) is 24.2 Å². The zero-order valence-corrected chi connectivity index (χ0v) is 17.5. The molecule has 0 saturated carbocycles. The number of carbonyl (C=O) groups excluding carboxylic acids is 2. The van der Waals surface area contributed by atoms with E-state index >= 15 is 0 Å². The Balaban J connectivity index is 0.00000420. The van der Waals surface area contributed by atoms with Crippen molar-refractivity contribution in [1.82, 2.24) is 0 Å². The molecule has 0 saturated heterocycles. The number of amides is 2. The van der Waals surface area contributed by atoms with Gasteiger partial charge in [0.25, 0.3) is 5.91 Å². The maximum absolute atomic E-state index is 12.5. The second-order valence-corrected chi connectivity index (χ2v) is 5.97. The number of hydrogen-bond donors (Lipinski definition) is 3. The molecule has 0 aromatic heterocycles.